The number of thioether (sulfide) groups is 1. The van der Waals surface area contributed by atoms with Crippen LogP contribution in [0, 0.1) is 6.92 Å². The summed E-state index contributed by atoms with van der Waals surface area (Å²) >= 11 is 13.8. The van der Waals surface area contributed by atoms with Crippen molar-refractivity contribution in [3.63, 3.8) is 0 Å². The van der Waals surface area contributed by atoms with Gasteiger partial charge in [-0.3, -0.25) is 5.10 Å². The van der Waals surface area contributed by atoms with Gasteiger partial charge in [0.15, 0.2) is 11.0 Å². The molecule has 0 aliphatic rings. The first-order valence-electron chi connectivity index (χ1n) is 8.57. The molecule has 1 aromatic carbocycles. The summed E-state index contributed by atoms with van der Waals surface area (Å²) in [6.07, 6.45) is 0. The highest BCUT2D eigenvalue weighted by Crippen LogP contribution is 2.32. The van der Waals surface area contributed by atoms with Gasteiger partial charge in [-0.05, 0) is 30.3 Å². The predicted molar refractivity (Wildman–Crippen MR) is 118 cm³/mol. The van der Waals surface area contributed by atoms with Gasteiger partial charge in [0.2, 0.25) is 11.8 Å². The van der Waals surface area contributed by atoms with Crippen molar-refractivity contribution < 1.29 is 4.74 Å². The van der Waals surface area contributed by atoms with Crippen molar-refractivity contribution in [2.45, 2.75) is 12.1 Å². The molecule has 7 N–H and O–H groups in total. The Kier molecular flexibility index (Phi) is 5.71. The third-order valence-corrected chi connectivity index (χ3v) is 5.36. The lowest BCUT2D eigenvalue weighted by atomic mass is 10.2. The van der Waals surface area contributed by atoms with Crippen LogP contribution in [0.15, 0.2) is 23.4 Å². The van der Waals surface area contributed by atoms with Crippen LogP contribution in [-0.2, 0) is 0 Å². The SMILES string of the molecule is Cc1ccc(Cl)c(-n2nc(-c3nc(OCSc4nc(N)cc(N)n4)n[nH]3)nc2N)c1Cl. The molecule has 4 rings (SSSR count). The first-order chi connectivity index (χ1) is 14.8. The second kappa shape index (κ2) is 8.45. The van der Waals surface area contributed by atoms with E-state index in [0.29, 0.717) is 20.9 Å². The van der Waals surface area contributed by atoms with Gasteiger partial charge in [0, 0.05) is 6.07 Å². The highest BCUT2D eigenvalue weighted by molar-refractivity contribution is 7.99. The second-order valence-corrected chi connectivity index (χ2v) is 7.78. The minimum absolute atomic E-state index is 0.0703. The summed E-state index contributed by atoms with van der Waals surface area (Å²) in [7, 11) is 0. The Morgan fingerprint density at radius 2 is 1.84 bits per heavy atom. The molecule has 0 saturated heterocycles. The lowest BCUT2D eigenvalue weighted by Crippen LogP contribution is -2.04. The summed E-state index contributed by atoms with van der Waals surface area (Å²) in [5, 5.41) is 12.2. The number of benzene rings is 1. The van der Waals surface area contributed by atoms with Crippen molar-refractivity contribution in [1.82, 2.24) is 39.9 Å². The number of nitrogens with one attached hydrogen (secondary N) is 1. The largest absolute Gasteiger partial charge is 0.451 e. The molecule has 160 valence electrons. The van der Waals surface area contributed by atoms with Crippen molar-refractivity contribution in [1.29, 1.82) is 0 Å². The van der Waals surface area contributed by atoms with Gasteiger partial charge < -0.3 is 21.9 Å². The number of aromatic nitrogens is 8. The Hall–Kier alpha value is -3.29. The van der Waals surface area contributed by atoms with Crippen LogP contribution >= 0.6 is 35.0 Å². The maximum Gasteiger partial charge on any atom is 0.336 e. The zero-order valence-electron chi connectivity index (χ0n) is 15.9. The predicted octanol–water partition coefficient (Wildman–Crippen LogP) is 2.33. The minimum Gasteiger partial charge on any atom is -0.451 e. The molecule has 0 aliphatic carbocycles. The van der Waals surface area contributed by atoms with Crippen LogP contribution in [0.5, 0.6) is 6.01 Å². The Balaban J connectivity index is 1.50. The summed E-state index contributed by atoms with van der Waals surface area (Å²) in [5.41, 5.74) is 18.5. The first-order valence-corrected chi connectivity index (χ1v) is 10.3. The molecule has 31 heavy (non-hydrogen) atoms. The fourth-order valence-electron chi connectivity index (χ4n) is 2.50. The van der Waals surface area contributed by atoms with Crippen molar-refractivity contribution in [3.05, 3.63) is 33.8 Å². The monoisotopic (exact) mass is 479 g/mol. The van der Waals surface area contributed by atoms with E-state index in [1.165, 1.54) is 22.5 Å². The van der Waals surface area contributed by atoms with Crippen LogP contribution in [-0.4, -0.2) is 45.9 Å². The Morgan fingerprint density at radius 1 is 1.10 bits per heavy atom. The molecular formula is C16H15Cl2N11OS. The Labute approximate surface area is 189 Å². The molecule has 0 bridgehead atoms. The highest BCUT2D eigenvalue weighted by atomic mass is 35.5. The number of aryl methyl sites for hydroxylation is 1. The molecule has 4 aromatic rings. The van der Waals surface area contributed by atoms with E-state index in [-0.39, 0.29) is 41.2 Å². The van der Waals surface area contributed by atoms with Gasteiger partial charge in [-0.15, -0.1) is 10.2 Å². The topological polar surface area (TPSA) is 185 Å². The zero-order chi connectivity index (χ0) is 22.1. The third-order valence-electron chi connectivity index (χ3n) is 3.90. The summed E-state index contributed by atoms with van der Waals surface area (Å²) in [6, 6.07) is 5.03. The average Bonchev–Trinajstić information content (AvgIpc) is 3.32. The van der Waals surface area contributed by atoms with E-state index in [4.69, 9.17) is 45.1 Å². The molecule has 12 nitrogen and oxygen atoms in total. The van der Waals surface area contributed by atoms with Crippen LogP contribution in [0.25, 0.3) is 17.3 Å². The lowest BCUT2D eigenvalue weighted by Gasteiger charge is -2.09. The smallest absolute Gasteiger partial charge is 0.336 e. The Morgan fingerprint density at radius 3 is 2.58 bits per heavy atom. The van der Waals surface area contributed by atoms with E-state index in [2.05, 4.69) is 35.2 Å². The van der Waals surface area contributed by atoms with E-state index < -0.39 is 0 Å². The number of anilines is 3. The molecule has 0 spiro atoms. The standard InChI is InChI=1S/C16H15Cl2N11OS/c1-6-2-3-7(17)11(10(6)18)29-14(21)24-13(28-29)12-25-15(27-26-12)30-5-31-16-22-8(19)4-9(20)23-16/h2-4H,5H2,1H3,(H2,21,24,28)(H,25,26,27)(H4,19,20,22,23). The van der Waals surface area contributed by atoms with Gasteiger partial charge in [0.05, 0.1) is 10.0 Å². The number of rotatable bonds is 6. The quantitative estimate of drug-likeness (QED) is 0.180. The number of nitrogens with zero attached hydrogens (tertiary/aromatic N) is 7. The maximum absolute atomic E-state index is 6.38. The first kappa shape index (κ1) is 21.0. The lowest BCUT2D eigenvalue weighted by molar-refractivity contribution is 0.361. The summed E-state index contributed by atoms with van der Waals surface area (Å²) in [5.74, 6) is 1.17. The van der Waals surface area contributed by atoms with E-state index >= 15 is 0 Å². The normalized spacial score (nSPS) is 11.1. The van der Waals surface area contributed by atoms with Crippen molar-refractivity contribution >= 4 is 52.5 Å². The zero-order valence-corrected chi connectivity index (χ0v) is 18.2. The van der Waals surface area contributed by atoms with E-state index in [9.17, 15) is 0 Å². The number of H-pyrrole nitrogens is 1. The van der Waals surface area contributed by atoms with Crippen LogP contribution in [0.1, 0.15) is 5.56 Å². The molecule has 3 heterocycles. The number of aromatic amines is 1. The fraction of sp³-hybridized carbons (Fsp3) is 0.125. The van der Waals surface area contributed by atoms with Gasteiger partial charge in [0.25, 0.3) is 0 Å². The third kappa shape index (κ3) is 4.42. The van der Waals surface area contributed by atoms with Gasteiger partial charge in [-0.1, -0.05) is 29.3 Å². The van der Waals surface area contributed by atoms with Crippen molar-refractivity contribution in [2.24, 2.45) is 0 Å². The van der Waals surface area contributed by atoms with Crippen LogP contribution in [0.3, 0.4) is 0 Å². The number of halogens is 2. The molecule has 0 fully saturated rings. The molecule has 3 aromatic heterocycles. The van der Waals surface area contributed by atoms with Crippen LogP contribution in [0.2, 0.25) is 10.0 Å². The second-order valence-electron chi connectivity index (χ2n) is 6.11. The van der Waals surface area contributed by atoms with Gasteiger partial charge >= 0.3 is 6.01 Å². The summed E-state index contributed by atoms with van der Waals surface area (Å²) in [6.45, 7) is 1.84. The van der Waals surface area contributed by atoms with Crippen LogP contribution in [0.4, 0.5) is 17.6 Å². The molecule has 0 unspecified atom stereocenters. The fourth-order valence-corrected chi connectivity index (χ4v) is 3.64. The van der Waals surface area contributed by atoms with E-state index in [1.54, 1.807) is 12.1 Å². The van der Waals surface area contributed by atoms with Gasteiger partial charge in [-0.2, -0.15) is 14.6 Å². The Bertz CT molecular complexity index is 1240. The van der Waals surface area contributed by atoms with Crippen molar-refractivity contribution in [3.8, 4) is 23.3 Å². The summed E-state index contributed by atoms with van der Waals surface area (Å²) < 4.78 is 6.82. The maximum atomic E-state index is 6.38. The number of hydrogen-bond donors (Lipinski definition) is 4. The molecule has 0 radical (unpaired) electrons. The van der Waals surface area contributed by atoms with Gasteiger partial charge in [0.1, 0.15) is 23.3 Å². The molecule has 0 amide bonds. The minimum atomic E-state index is 0.0703. The number of nitrogens with two attached hydrogens (primary N) is 3. The van der Waals surface area contributed by atoms with Crippen LogP contribution < -0.4 is 21.9 Å². The van der Waals surface area contributed by atoms with E-state index in [1.807, 2.05) is 6.92 Å². The molecular weight excluding hydrogens is 465 g/mol. The number of hydrogen-bond acceptors (Lipinski definition) is 11. The molecule has 0 aliphatic heterocycles. The highest BCUT2D eigenvalue weighted by Gasteiger charge is 2.19. The molecule has 0 atom stereocenters. The summed E-state index contributed by atoms with van der Waals surface area (Å²) in [4.78, 5) is 16.5. The van der Waals surface area contributed by atoms with E-state index in [0.717, 1.165) is 5.56 Å². The molecule has 15 heteroatoms. The average molecular weight is 480 g/mol. The molecule has 0 saturated carbocycles. The number of ether oxygens (including phenoxy) is 1. The number of nitrogen functional groups attached to an aromatic ring is 3. The van der Waals surface area contributed by atoms with Crippen molar-refractivity contribution in [2.75, 3.05) is 23.1 Å². The van der Waals surface area contributed by atoms with Gasteiger partial charge in [-0.25, -0.2) is 9.97 Å².